The van der Waals surface area contributed by atoms with Gasteiger partial charge in [0.1, 0.15) is 18.3 Å². The highest BCUT2D eigenvalue weighted by Gasteiger charge is 2.12. The van der Waals surface area contributed by atoms with Gasteiger partial charge in [-0.05, 0) is 12.1 Å². The van der Waals surface area contributed by atoms with Crippen LogP contribution in [-0.4, -0.2) is 33.3 Å². The summed E-state index contributed by atoms with van der Waals surface area (Å²) in [6, 6.07) is 5.53. The zero-order valence-corrected chi connectivity index (χ0v) is 12.1. The molecular formula is C13H16ClN5O. The number of anilines is 1. The molecule has 0 saturated carbocycles. The van der Waals surface area contributed by atoms with E-state index in [0.29, 0.717) is 16.4 Å². The Labute approximate surface area is 122 Å². The summed E-state index contributed by atoms with van der Waals surface area (Å²) in [6.45, 7) is 4.20. The highest BCUT2D eigenvalue weighted by molar-refractivity contribution is 6.33. The minimum absolute atomic E-state index is 0.137. The molecule has 2 aromatic rings. The Morgan fingerprint density at radius 2 is 2.25 bits per heavy atom. The summed E-state index contributed by atoms with van der Waals surface area (Å²) >= 11 is 6.18. The summed E-state index contributed by atoms with van der Waals surface area (Å²) in [6.07, 6.45) is 2.94. The van der Waals surface area contributed by atoms with E-state index in [9.17, 15) is 4.79 Å². The number of aromatic nitrogens is 3. The first kappa shape index (κ1) is 14.5. The minimum Gasteiger partial charge on any atom is -0.323 e. The van der Waals surface area contributed by atoms with Crippen molar-refractivity contribution >= 4 is 23.2 Å². The number of benzene rings is 1. The number of halogens is 1. The van der Waals surface area contributed by atoms with Gasteiger partial charge in [-0.3, -0.25) is 4.79 Å². The molecular weight excluding hydrogens is 278 g/mol. The van der Waals surface area contributed by atoms with Crippen molar-refractivity contribution in [3.05, 3.63) is 35.9 Å². The van der Waals surface area contributed by atoms with Crippen molar-refractivity contribution in [2.24, 2.45) is 0 Å². The molecule has 1 heterocycles. The fraction of sp³-hybridized carbons (Fsp3) is 0.308. The lowest BCUT2D eigenvalue weighted by atomic mass is 10.2. The van der Waals surface area contributed by atoms with Crippen molar-refractivity contribution < 1.29 is 4.79 Å². The molecule has 2 N–H and O–H groups in total. The van der Waals surface area contributed by atoms with Crippen molar-refractivity contribution in [3.63, 3.8) is 0 Å². The van der Waals surface area contributed by atoms with Crippen LogP contribution in [0.15, 0.2) is 30.9 Å². The monoisotopic (exact) mass is 293 g/mol. The third-order valence-corrected chi connectivity index (χ3v) is 2.88. The fourth-order valence-electron chi connectivity index (χ4n) is 1.66. The van der Waals surface area contributed by atoms with Gasteiger partial charge in [0.15, 0.2) is 0 Å². The van der Waals surface area contributed by atoms with Gasteiger partial charge in [0.05, 0.1) is 17.3 Å². The number of hydrogen-bond acceptors (Lipinski definition) is 4. The standard InChI is InChI=1S/C13H16ClN5O/c1-9(2)16-6-12(20)18-11-5-3-4-10(14)13(11)19-8-15-7-17-19/h3-5,7-9,16H,6H2,1-2H3,(H,18,20). The molecule has 0 bridgehead atoms. The van der Waals surface area contributed by atoms with E-state index in [1.807, 2.05) is 13.8 Å². The molecule has 0 aliphatic rings. The number of nitrogens with one attached hydrogen (secondary N) is 2. The predicted octanol–water partition coefficient (Wildman–Crippen LogP) is 1.86. The lowest BCUT2D eigenvalue weighted by Gasteiger charge is -2.13. The smallest absolute Gasteiger partial charge is 0.238 e. The molecule has 0 aliphatic heterocycles. The zero-order valence-electron chi connectivity index (χ0n) is 11.3. The molecule has 0 fully saturated rings. The lowest BCUT2D eigenvalue weighted by Crippen LogP contribution is -2.32. The Morgan fingerprint density at radius 3 is 2.90 bits per heavy atom. The highest BCUT2D eigenvalue weighted by Crippen LogP contribution is 2.27. The highest BCUT2D eigenvalue weighted by atomic mass is 35.5. The molecule has 106 valence electrons. The van der Waals surface area contributed by atoms with Crippen LogP contribution in [0.25, 0.3) is 5.69 Å². The van der Waals surface area contributed by atoms with E-state index in [4.69, 9.17) is 11.6 Å². The van der Waals surface area contributed by atoms with Crippen LogP contribution in [0.4, 0.5) is 5.69 Å². The maximum atomic E-state index is 11.9. The molecule has 1 amide bonds. The summed E-state index contributed by atoms with van der Waals surface area (Å²) in [5.41, 5.74) is 1.20. The van der Waals surface area contributed by atoms with E-state index in [1.165, 1.54) is 17.3 Å². The molecule has 0 unspecified atom stereocenters. The van der Waals surface area contributed by atoms with Crippen molar-refractivity contribution in [1.82, 2.24) is 20.1 Å². The van der Waals surface area contributed by atoms with Crippen molar-refractivity contribution in [2.75, 3.05) is 11.9 Å². The van der Waals surface area contributed by atoms with Crippen molar-refractivity contribution in [1.29, 1.82) is 0 Å². The second-order valence-corrected chi connectivity index (χ2v) is 4.97. The Morgan fingerprint density at radius 1 is 1.45 bits per heavy atom. The molecule has 0 atom stereocenters. The van der Waals surface area contributed by atoms with Crippen LogP contribution >= 0.6 is 11.6 Å². The van der Waals surface area contributed by atoms with Gasteiger partial charge in [-0.2, -0.15) is 5.10 Å². The van der Waals surface area contributed by atoms with Gasteiger partial charge in [-0.1, -0.05) is 31.5 Å². The lowest BCUT2D eigenvalue weighted by molar-refractivity contribution is -0.115. The van der Waals surface area contributed by atoms with Gasteiger partial charge < -0.3 is 10.6 Å². The Kier molecular flexibility index (Phi) is 4.70. The van der Waals surface area contributed by atoms with Crippen LogP contribution in [-0.2, 0) is 4.79 Å². The molecule has 2 rings (SSSR count). The van der Waals surface area contributed by atoms with E-state index in [0.717, 1.165) is 0 Å². The van der Waals surface area contributed by atoms with Gasteiger partial charge in [-0.15, -0.1) is 0 Å². The number of para-hydroxylation sites is 1. The molecule has 1 aromatic heterocycles. The van der Waals surface area contributed by atoms with E-state index in [2.05, 4.69) is 20.7 Å². The molecule has 1 aromatic carbocycles. The van der Waals surface area contributed by atoms with Gasteiger partial charge in [-0.25, -0.2) is 9.67 Å². The molecule has 20 heavy (non-hydrogen) atoms. The number of carbonyl (C=O) groups is 1. The van der Waals surface area contributed by atoms with Crippen molar-refractivity contribution in [3.8, 4) is 5.69 Å². The van der Waals surface area contributed by atoms with E-state index >= 15 is 0 Å². The fourth-order valence-corrected chi connectivity index (χ4v) is 1.93. The predicted molar refractivity (Wildman–Crippen MR) is 78.1 cm³/mol. The molecule has 0 aliphatic carbocycles. The molecule has 0 spiro atoms. The topological polar surface area (TPSA) is 71.8 Å². The largest absolute Gasteiger partial charge is 0.323 e. The second-order valence-electron chi connectivity index (χ2n) is 4.56. The summed E-state index contributed by atoms with van der Waals surface area (Å²) in [4.78, 5) is 15.8. The van der Waals surface area contributed by atoms with Crippen LogP contribution in [0, 0.1) is 0 Å². The summed E-state index contributed by atoms with van der Waals surface area (Å²) in [5, 5.41) is 10.4. The zero-order chi connectivity index (χ0) is 14.5. The first-order valence-corrected chi connectivity index (χ1v) is 6.62. The number of amides is 1. The maximum absolute atomic E-state index is 11.9. The molecule has 7 heteroatoms. The van der Waals surface area contributed by atoms with Gasteiger partial charge in [0.25, 0.3) is 0 Å². The Bertz CT molecular complexity index is 582. The van der Waals surface area contributed by atoms with E-state index in [-0.39, 0.29) is 18.5 Å². The van der Waals surface area contributed by atoms with E-state index in [1.54, 1.807) is 18.2 Å². The average Bonchev–Trinajstić information content (AvgIpc) is 2.90. The molecule has 0 radical (unpaired) electrons. The van der Waals surface area contributed by atoms with Crippen LogP contribution in [0.3, 0.4) is 0 Å². The van der Waals surface area contributed by atoms with Crippen LogP contribution in [0.5, 0.6) is 0 Å². The normalized spacial score (nSPS) is 10.8. The van der Waals surface area contributed by atoms with Crippen LogP contribution < -0.4 is 10.6 Å². The minimum atomic E-state index is -0.137. The van der Waals surface area contributed by atoms with Crippen molar-refractivity contribution in [2.45, 2.75) is 19.9 Å². The van der Waals surface area contributed by atoms with Gasteiger partial charge in [0.2, 0.25) is 5.91 Å². The maximum Gasteiger partial charge on any atom is 0.238 e. The first-order valence-electron chi connectivity index (χ1n) is 6.24. The third kappa shape index (κ3) is 3.55. The average molecular weight is 294 g/mol. The first-order chi connectivity index (χ1) is 9.58. The summed E-state index contributed by atoms with van der Waals surface area (Å²) < 4.78 is 1.52. The second kappa shape index (κ2) is 6.49. The van der Waals surface area contributed by atoms with Gasteiger partial charge in [0, 0.05) is 6.04 Å². The van der Waals surface area contributed by atoms with Gasteiger partial charge >= 0.3 is 0 Å². The van der Waals surface area contributed by atoms with E-state index < -0.39 is 0 Å². The SMILES string of the molecule is CC(C)NCC(=O)Nc1cccc(Cl)c1-n1cncn1. The van der Waals surface area contributed by atoms with Crippen LogP contribution in [0.1, 0.15) is 13.8 Å². The Hall–Kier alpha value is -1.92. The number of nitrogens with zero attached hydrogens (tertiary/aromatic N) is 3. The quantitative estimate of drug-likeness (QED) is 0.882. The number of rotatable bonds is 5. The number of hydrogen-bond donors (Lipinski definition) is 2. The molecule has 0 saturated heterocycles. The van der Waals surface area contributed by atoms with Crippen LogP contribution in [0.2, 0.25) is 5.02 Å². The number of carbonyl (C=O) groups excluding carboxylic acids is 1. The third-order valence-electron chi connectivity index (χ3n) is 2.58. The molecule has 6 nitrogen and oxygen atoms in total. The summed E-state index contributed by atoms with van der Waals surface area (Å²) in [7, 11) is 0. The summed E-state index contributed by atoms with van der Waals surface area (Å²) in [5.74, 6) is -0.137. The Balaban J connectivity index is 2.20.